The summed E-state index contributed by atoms with van der Waals surface area (Å²) >= 11 is 0. The first-order chi connectivity index (χ1) is 14.4. The van der Waals surface area contributed by atoms with Crippen molar-refractivity contribution in [1.82, 2.24) is 15.5 Å². The van der Waals surface area contributed by atoms with E-state index >= 15 is 0 Å². The summed E-state index contributed by atoms with van der Waals surface area (Å²) in [5.74, 6) is -0.253. The fourth-order valence-electron chi connectivity index (χ4n) is 4.22. The highest BCUT2D eigenvalue weighted by Crippen LogP contribution is 2.22. The Hall–Kier alpha value is -2.19. The van der Waals surface area contributed by atoms with Crippen LogP contribution in [-0.4, -0.2) is 67.9 Å². The van der Waals surface area contributed by atoms with Gasteiger partial charge in [-0.15, -0.1) is 0 Å². The van der Waals surface area contributed by atoms with Gasteiger partial charge in [-0.05, 0) is 62.5 Å². The number of sulfone groups is 1. The molecular formula is C22H29N3O4S. The van der Waals surface area contributed by atoms with E-state index in [-0.39, 0.29) is 35.4 Å². The van der Waals surface area contributed by atoms with Gasteiger partial charge in [-0.25, -0.2) is 8.42 Å². The van der Waals surface area contributed by atoms with Gasteiger partial charge < -0.3 is 10.6 Å². The molecule has 0 unspecified atom stereocenters. The molecule has 2 saturated heterocycles. The molecule has 2 heterocycles. The Morgan fingerprint density at radius 1 is 0.967 bits per heavy atom. The fraction of sp³-hybridized carbons (Fsp3) is 0.545. The Bertz CT molecular complexity index is 916. The summed E-state index contributed by atoms with van der Waals surface area (Å²) in [5.41, 5.74) is 1.41. The van der Waals surface area contributed by atoms with Crippen molar-refractivity contribution in [1.29, 1.82) is 0 Å². The first-order valence-electron chi connectivity index (χ1n) is 10.7. The number of benzene rings is 1. The molecule has 0 bridgehead atoms. The first kappa shape index (κ1) is 21.1. The number of likely N-dealkylation sites (tertiary alicyclic amines) is 1. The Labute approximate surface area is 177 Å². The van der Waals surface area contributed by atoms with Gasteiger partial charge in [-0.2, -0.15) is 0 Å². The number of piperidine rings is 1. The zero-order chi connectivity index (χ0) is 21.1. The number of amides is 2. The van der Waals surface area contributed by atoms with Gasteiger partial charge in [0.25, 0.3) is 5.91 Å². The highest BCUT2D eigenvalue weighted by Gasteiger charge is 2.41. The molecule has 8 heteroatoms. The van der Waals surface area contributed by atoms with Gasteiger partial charge in [0.15, 0.2) is 9.84 Å². The van der Waals surface area contributed by atoms with Crippen LogP contribution in [0.3, 0.4) is 0 Å². The number of nitrogens with one attached hydrogen (secondary N) is 2. The molecule has 1 aromatic carbocycles. The van der Waals surface area contributed by atoms with Gasteiger partial charge in [0.2, 0.25) is 5.91 Å². The third-order valence-electron chi connectivity index (χ3n) is 6.02. The van der Waals surface area contributed by atoms with Crippen LogP contribution in [0.1, 0.15) is 48.0 Å². The molecule has 2 N–H and O–H groups in total. The molecule has 30 heavy (non-hydrogen) atoms. The lowest BCUT2D eigenvalue weighted by Crippen LogP contribution is -2.52. The summed E-state index contributed by atoms with van der Waals surface area (Å²) in [6, 6.07) is 6.87. The van der Waals surface area contributed by atoms with E-state index in [2.05, 4.69) is 15.5 Å². The first-order valence-corrected chi connectivity index (χ1v) is 12.6. The zero-order valence-corrected chi connectivity index (χ0v) is 17.9. The second kappa shape index (κ2) is 8.89. The van der Waals surface area contributed by atoms with Crippen molar-refractivity contribution < 1.29 is 18.0 Å². The van der Waals surface area contributed by atoms with Gasteiger partial charge >= 0.3 is 0 Å². The maximum Gasteiger partial charge on any atom is 0.251 e. The van der Waals surface area contributed by atoms with Crippen LogP contribution < -0.4 is 10.6 Å². The number of carbonyl (C=O) groups excluding carboxylic acids is 2. The maximum atomic E-state index is 12.4. The summed E-state index contributed by atoms with van der Waals surface area (Å²) in [6.45, 7) is 1.78. The molecular weight excluding hydrogens is 402 g/mol. The van der Waals surface area contributed by atoms with Crippen molar-refractivity contribution in [3.8, 4) is 0 Å². The van der Waals surface area contributed by atoms with Gasteiger partial charge in [-0.1, -0.05) is 18.6 Å². The number of carbonyl (C=O) groups is 2. The molecule has 1 saturated carbocycles. The minimum absolute atomic E-state index is 0.00144. The zero-order valence-electron chi connectivity index (χ0n) is 17.0. The number of hydrogen-bond acceptors (Lipinski definition) is 5. The average molecular weight is 432 g/mol. The molecule has 4 rings (SSSR count). The lowest BCUT2D eigenvalue weighted by atomic mass is 10.0. The third kappa shape index (κ3) is 5.49. The van der Waals surface area contributed by atoms with E-state index in [1.54, 1.807) is 30.3 Å². The number of rotatable bonds is 6. The normalized spacial score (nSPS) is 26.5. The molecule has 162 valence electrons. The van der Waals surface area contributed by atoms with Crippen molar-refractivity contribution in [3.63, 3.8) is 0 Å². The van der Waals surface area contributed by atoms with Crippen LogP contribution in [-0.2, 0) is 14.6 Å². The van der Waals surface area contributed by atoms with Crippen LogP contribution in [0.4, 0.5) is 0 Å². The van der Waals surface area contributed by atoms with Crippen molar-refractivity contribution >= 4 is 27.7 Å². The molecule has 2 amide bonds. The monoisotopic (exact) mass is 431 g/mol. The van der Waals surface area contributed by atoms with E-state index in [9.17, 15) is 18.0 Å². The van der Waals surface area contributed by atoms with Crippen molar-refractivity contribution in [3.05, 3.63) is 41.5 Å². The molecule has 3 fully saturated rings. The summed E-state index contributed by atoms with van der Waals surface area (Å²) in [7, 11) is -3.14. The Balaban J connectivity index is 1.34. The lowest BCUT2D eigenvalue weighted by molar-refractivity contribution is -0.117. The van der Waals surface area contributed by atoms with Crippen LogP contribution in [0.2, 0.25) is 0 Å². The highest BCUT2D eigenvalue weighted by molar-refractivity contribution is 7.91. The quantitative estimate of drug-likeness (QED) is 0.663. The molecule has 1 aromatic rings. The topological polar surface area (TPSA) is 95.6 Å². The molecule has 2 atom stereocenters. The van der Waals surface area contributed by atoms with E-state index in [0.717, 1.165) is 44.3 Å². The number of hydrogen-bond donors (Lipinski definition) is 2. The van der Waals surface area contributed by atoms with E-state index in [4.69, 9.17) is 0 Å². The molecule has 3 aliphatic rings. The van der Waals surface area contributed by atoms with E-state index in [1.165, 1.54) is 12.5 Å². The summed E-state index contributed by atoms with van der Waals surface area (Å²) in [5, 5.41) is 5.84. The summed E-state index contributed by atoms with van der Waals surface area (Å²) in [6.07, 6.45) is 8.52. The second-order valence-electron chi connectivity index (χ2n) is 8.56. The number of nitrogens with zero attached hydrogens (tertiary/aromatic N) is 1. The molecule has 0 spiro atoms. The standard InChI is InChI=1S/C22H29N3O4S/c26-21(11-6-16-4-7-17(8-5-16)22(27)23-18-9-10-18)24-19-14-30(28,29)15-20(19)25-12-2-1-3-13-25/h4-8,11,18-20H,1-3,9-10,12-15H2,(H,23,27)(H,24,26)/b11-6+/t19-,20+/m1/s1. The Kier molecular flexibility index (Phi) is 6.24. The van der Waals surface area contributed by atoms with Gasteiger partial charge in [0.1, 0.15) is 0 Å². The third-order valence-corrected chi connectivity index (χ3v) is 7.74. The van der Waals surface area contributed by atoms with E-state index in [0.29, 0.717) is 11.6 Å². The van der Waals surface area contributed by atoms with Gasteiger partial charge in [0.05, 0.1) is 17.5 Å². The Morgan fingerprint density at radius 3 is 2.33 bits per heavy atom. The van der Waals surface area contributed by atoms with Gasteiger partial charge in [0, 0.05) is 23.7 Å². The molecule has 1 aliphatic carbocycles. The van der Waals surface area contributed by atoms with E-state index in [1.807, 2.05) is 0 Å². The average Bonchev–Trinajstić information content (AvgIpc) is 3.49. The molecule has 2 aliphatic heterocycles. The van der Waals surface area contributed by atoms with Crippen LogP contribution in [0.5, 0.6) is 0 Å². The summed E-state index contributed by atoms with van der Waals surface area (Å²) in [4.78, 5) is 26.7. The van der Waals surface area contributed by atoms with Gasteiger partial charge in [-0.3, -0.25) is 14.5 Å². The van der Waals surface area contributed by atoms with E-state index < -0.39 is 9.84 Å². The maximum absolute atomic E-state index is 12.4. The Morgan fingerprint density at radius 2 is 1.67 bits per heavy atom. The summed E-state index contributed by atoms with van der Waals surface area (Å²) < 4.78 is 24.4. The molecule has 0 aromatic heterocycles. The molecule has 0 radical (unpaired) electrons. The predicted molar refractivity (Wildman–Crippen MR) is 116 cm³/mol. The SMILES string of the molecule is O=C(/C=C/c1ccc(C(=O)NC2CC2)cc1)N[C@@H]1CS(=O)(=O)C[C@@H]1N1CCCCC1. The van der Waals surface area contributed by atoms with Crippen LogP contribution in [0.15, 0.2) is 30.3 Å². The second-order valence-corrected chi connectivity index (χ2v) is 10.7. The molecule has 7 nitrogen and oxygen atoms in total. The van der Waals surface area contributed by atoms with Crippen LogP contribution in [0, 0.1) is 0 Å². The van der Waals surface area contributed by atoms with Crippen molar-refractivity contribution in [2.75, 3.05) is 24.6 Å². The minimum atomic E-state index is -3.14. The smallest absolute Gasteiger partial charge is 0.251 e. The lowest BCUT2D eigenvalue weighted by Gasteiger charge is -2.34. The highest BCUT2D eigenvalue weighted by atomic mass is 32.2. The largest absolute Gasteiger partial charge is 0.349 e. The van der Waals surface area contributed by atoms with Crippen LogP contribution in [0.25, 0.3) is 6.08 Å². The fourth-order valence-corrected chi connectivity index (χ4v) is 6.17. The van der Waals surface area contributed by atoms with Crippen molar-refractivity contribution in [2.45, 2.75) is 50.2 Å². The minimum Gasteiger partial charge on any atom is -0.349 e. The predicted octanol–water partition coefficient (Wildman–Crippen LogP) is 1.36. The van der Waals surface area contributed by atoms with Crippen molar-refractivity contribution in [2.24, 2.45) is 0 Å². The van der Waals surface area contributed by atoms with Crippen LogP contribution >= 0.6 is 0 Å².